The number of ether oxygens (including phenoxy) is 2. The first kappa shape index (κ1) is 11.1. The Hall–Kier alpha value is -0.970. The fourth-order valence-electron chi connectivity index (χ4n) is 2.62. The maximum atomic E-state index is 5.51. The summed E-state index contributed by atoms with van der Waals surface area (Å²) in [5, 5.41) is 3.50. The van der Waals surface area contributed by atoms with Crippen LogP contribution in [-0.2, 0) is 14.9 Å². The Bertz CT molecular complexity index is 359. The second-order valence-electron chi connectivity index (χ2n) is 4.92. The molecule has 1 aromatic rings. The summed E-state index contributed by atoms with van der Waals surface area (Å²) in [5.74, 6) is 0. The van der Waals surface area contributed by atoms with E-state index in [1.807, 2.05) is 18.3 Å². The van der Waals surface area contributed by atoms with Gasteiger partial charge in [-0.2, -0.15) is 0 Å². The zero-order valence-corrected chi connectivity index (χ0v) is 9.89. The van der Waals surface area contributed by atoms with Gasteiger partial charge in [-0.1, -0.05) is 6.07 Å². The normalized spacial score (nSPS) is 27.4. The van der Waals surface area contributed by atoms with Crippen LogP contribution in [0.15, 0.2) is 24.4 Å². The molecule has 1 N–H and O–H groups in total. The Balaban J connectivity index is 1.73. The van der Waals surface area contributed by atoms with Gasteiger partial charge in [0.15, 0.2) is 0 Å². The summed E-state index contributed by atoms with van der Waals surface area (Å²) in [4.78, 5) is 4.49. The second kappa shape index (κ2) is 4.72. The number of aromatic nitrogens is 1. The van der Waals surface area contributed by atoms with Crippen LogP contribution >= 0.6 is 0 Å². The van der Waals surface area contributed by atoms with Crippen molar-refractivity contribution in [1.82, 2.24) is 10.3 Å². The molecule has 0 bridgehead atoms. The van der Waals surface area contributed by atoms with Crippen LogP contribution < -0.4 is 5.32 Å². The van der Waals surface area contributed by atoms with Gasteiger partial charge >= 0.3 is 0 Å². The monoisotopic (exact) mass is 234 g/mol. The number of pyridine rings is 1. The van der Waals surface area contributed by atoms with Gasteiger partial charge < -0.3 is 14.8 Å². The number of hydrogen-bond acceptors (Lipinski definition) is 4. The zero-order valence-electron chi connectivity index (χ0n) is 9.89. The van der Waals surface area contributed by atoms with E-state index in [0.29, 0.717) is 6.04 Å². The summed E-state index contributed by atoms with van der Waals surface area (Å²) in [7, 11) is 0. The summed E-state index contributed by atoms with van der Waals surface area (Å²) in [6.45, 7) is 4.13. The number of morpholine rings is 1. The zero-order chi connectivity index (χ0) is 11.6. The molecule has 17 heavy (non-hydrogen) atoms. The third kappa shape index (κ3) is 2.20. The molecule has 1 unspecified atom stereocenters. The van der Waals surface area contributed by atoms with E-state index in [2.05, 4.69) is 16.4 Å². The van der Waals surface area contributed by atoms with Crippen molar-refractivity contribution in [2.45, 2.75) is 17.9 Å². The maximum absolute atomic E-state index is 5.51. The summed E-state index contributed by atoms with van der Waals surface area (Å²) < 4.78 is 10.9. The minimum Gasteiger partial charge on any atom is -0.379 e. The largest absolute Gasteiger partial charge is 0.379 e. The van der Waals surface area contributed by atoms with E-state index in [0.717, 1.165) is 45.1 Å². The van der Waals surface area contributed by atoms with Crippen molar-refractivity contribution >= 4 is 0 Å². The average molecular weight is 234 g/mol. The Morgan fingerprint density at radius 3 is 2.88 bits per heavy atom. The van der Waals surface area contributed by atoms with E-state index < -0.39 is 0 Å². The van der Waals surface area contributed by atoms with Crippen molar-refractivity contribution in [2.24, 2.45) is 0 Å². The van der Waals surface area contributed by atoms with Gasteiger partial charge in [0.25, 0.3) is 0 Å². The first-order valence-electron chi connectivity index (χ1n) is 6.19. The first-order valence-corrected chi connectivity index (χ1v) is 6.19. The molecule has 0 spiro atoms. The summed E-state index contributed by atoms with van der Waals surface area (Å²) >= 11 is 0. The van der Waals surface area contributed by atoms with E-state index in [4.69, 9.17) is 9.47 Å². The lowest BCUT2D eigenvalue weighted by atomic mass is 9.76. The van der Waals surface area contributed by atoms with E-state index >= 15 is 0 Å². The molecular formula is C13H18N2O2. The molecule has 1 aromatic heterocycles. The summed E-state index contributed by atoms with van der Waals surface area (Å²) in [6.07, 6.45) is 2.91. The van der Waals surface area contributed by atoms with Crippen LogP contribution in [0.5, 0.6) is 0 Å². The summed E-state index contributed by atoms with van der Waals surface area (Å²) in [6, 6.07) is 6.53. The van der Waals surface area contributed by atoms with Gasteiger partial charge in [0.1, 0.15) is 0 Å². The van der Waals surface area contributed by atoms with Crippen LogP contribution in [0, 0.1) is 0 Å². The van der Waals surface area contributed by atoms with Crippen molar-refractivity contribution in [3.63, 3.8) is 0 Å². The molecule has 3 heterocycles. The Kier molecular flexibility index (Phi) is 3.09. The molecule has 2 aliphatic rings. The lowest BCUT2D eigenvalue weighted by molar-refractivity contribution is -0.0773. The van der Waals surface area contributed by atoms with Gasteiger partial charge in [0, 0.05) is 18.8 Å². The minimum atomic E-state index is 0.0969. The highest BCUT2D eigenvalue weighted by Crippen LogP contribution is 2.35. The van der Waals surface area contributed by atoms with Crippen LogP contribution in [0.4, 0.5) is 0 Å². The Morgan fingerprint density at radius 2 is 2.29 bits per heavy atom. The molecule has 4 heteroatoms. The minimum absolute atomic E-state index is 0.0969. The quantitative estimate of drug-likeness (QED) is 0.837. The van der Waals surface area contributed by atoms with Gasteiger partial charge in [-0.3, -0.25) is 4.98 Å². The number of hydrogen-bond donors (Lipinski definition) is 1. The van der Waals surface area contributed by atoms with E-state index in [-0.39, 0.29) is 5.41 Å². The molecule has 0 radical (unpaired) electrons. The molecule has 4 nitrogen and oxygen atoms in total. The fraction of sp³-hybridized carbons (Fsp3) is 0.615. The highest BCUT2D eigenvalue weighted by atomic mass is 16.5. The maximum Gasteiger partial charge on any atom is 0.0620 e. The topological polar surface area (TPSA) is 43.4 Å². The SMILES string of the molecule is c1ccc(C2(CC3COCCN3)COC2)nc1. The predicted octanol–water partition coefficient (Wildman–Crippen LogP) is 0.728. The van der Waals surface area contributed by atoms with Crippen molar-refractivity contribution in [2.75, 3.05) is 33.0 Å². The van der Waals surface area contributed by atoms with Crippen LogP contribution in [0.1, 0.15) is 12.1 Å². The van der Waals surface area contributed by atoms with Crippen LogP contribution in [0.2, 0.25) is 0 Å². The van der Waals surface area contributed by atoms with E-state index in [1.165, 1.54) is 0 Å². The highest BCUT2D eigenvalue weighted by molar-refractivity contribution is 5.21. The Labute approximate surface area is 101 Å². The van der Waals surface area contributed by atoms with E-state index in [1.54, 1.807) is 0 Å². The van der Waals surface area contributed by atoms with Gasteiger partial charge in [-0.25, -0.2) is 0 Å². The molecule has 3 rings (SSSR count). The molecule has 92 valence electrons. The molecule has 2 aliphatic heterocycles. The molecular weight excluding hydrogens is 216 g/mol. The molecule has 0 aliphatic carbocycles. The fourth-order valence-corrected chi connectivity index (χ4v) is 2.62. The molecule has 1 atom stereocenters. The molecule has 0 saturated carbocycles. The average Bonchev–Trinajstić information content (AvgIpc) is 2.36. The van der Waals surface area contributed by atoms with Crippen molar-refractivity contribution in [3.8, 4) is 0 Å². The van der Waals surface area contributed by atoms with Crippen LogP contribution in [-0.4, -0.2) is 44.0 Å². The van der Waals surface area contributed by atoms with Gasteiger partial charge in [0.05, 0.1) is 37.5 Å². The molecule has 2 fully saturated rings. The lowest BCUT2D eigenvalue weighted by Crippen LogP contribution is -2.54. The third-order valence-corrected chi connectivity index (χ3v) is 3.60. The smallest absolute Gasteiger partial charge is 0.0620 e. The van der Waals surface area contributed by atoms with Gasteiger partial charge in [0.2, 0.25) is 0 Å². The summed E-state index contributed by atoms with van der Waals surface area (Å²) in [5.41, 5.74) is 1.25. The molecule has 0 aromatic carbocycles. The molecule has 0 amide bonds. The number of nitrogens with zero attached hydrogens (tertiary/aromatic N) is 1. The van der Waals surface area contributed by atoms with Crippen molar-refractivity contribution < 1.29 is 9.47 Å². The first-order chi connectivity index (χ1) is 8.39. The standard InChI is InChI=1S/C13H18N2O2/c1-2-4-15-12(3-1)13(9-17-10-13)7-11-8-16-6-5-14-11/h1-4,11,14H,5-10H2. The van der Waals surface area contributed by atoms with Crippen LogP contribution in [0.3, 0.4) is 0 Å². The third-order valence-electron chi connectivity index (χ3n) is 3.60. The predicted molar refractivity (Wildman–Crippen MR) is 64.0 cm³/mol. The number of rotatable bonds is 3. The van der Waals surface area contributed by atoms with Gasteiger partial charge in [-0.05, 0) is 18.6 Å². The second-order valence-corrected chi connectivity index (χ2v) is 4.92. The van der Waals surface area contributed by atoms with Gasteiger partial charge in [-0.15, -0.1) is 0 Å². The van der Waals surface area contributed by atoms with E-state index in [9.17, 15) is 0 Å². The Morgan fingerprint density at radius 1 is 1.35 bits per heavy atom. The number of nitrogens with one attached hydrogen (secondary N) is 1. The molecule has 2 saturated heterocycles. The highest BCUT2D eigenvalue weighted by Gasteiger charge is 2.43. The lowest BCUT2D eigenvalue weighted by Gasteiger charge is -2.43. The van der Waals surface area contributed by atoms with Crippen molar-refractivity contribution in [1.29, 1.82) is 0 Å². The van der Waals surface area contributed by atoms with Crippen molar-refractivity contribution in [3.05, 3.63) is 30.1 Å². The van der Waals surface area contributed by atoms with Crippen LogP contribution in [0.25, 0.3) is 0 Å².